The Kier molecular flexibility index (Phi) is 7.06. The summed E-state index contributed by atoms with van der Waals surface area (Å²) in [6.07, 6.45) is 0. The van der Waals surface area contributed by atoms with Crippen LogP contribution in [0, 0.1) is 0 Å². The molecule has 0 nitrogen and oxygen atoms in total. The second-order valence-electron chi connectivity index (χ2n) is 11.3. The second kappa shape index (κ2) is 8.19. The average Bonchev–Trinajstić information content (AvgIpc) is 2.57. The molecule has 0 saturated carbocycles. The van der Waals surface area contributed by atoms with Crippen molar-refractivity contribution in [3.05, 3.63) is 60.7 Å². The van der Waals surface area contributed by atoms with Gasteiger partial charge in [-0.3, -0.25) is 0 Å². The minimum Gasteiger partial charge on any atom is -0.205 e. The molecule has 0 aliphatic carbocycles. The fourth-order valence-corrected chi connectivity index (χ4v) is 161. The van der Waals surface area contributed by atoms with Gasteiger partial charge in [0, 0.05) is 22.8 Å². The van der Waals surface area contributed by atoms with Crippen LogP contribution in [0.1, 0.15) is 0 Å². The van der Waals surface area contributed by atoms with Crippen LogP contribution in [0.15, 0.2) is 60.7 Å². The van der Waals surface area contributed by atoms with Crippen molar-refractivity contribution in [3.63, 3.8) is 0 Å². The summed E-state index contributed by atoms with van der Waals surface area (Å²) in [4.78, 5) is 0. The van der Waals surface area contributed by atoms with Gasteiger partial charge >= 0.3 is 0 Å². The molecule has 2 aromatic rings. The summed E-state index contributed by atoms with van der Waals surface area (Å²) in [5, 5.41) is 3.22. The molecule has 0 saturated heterocycles. The summed E-state index contributed by atoms with van der Waals surface area (Å²) in [5.74, 6) is -1.51. The molecule has 0 fully saturated rings. The molecule has 28 heavy (non-hydrogen) atoms. The number of hydrogen-bond acceptors (Lipinski definition) is 1. The standard InChI is InChI=1S/C22H40SSi5/c1-24(2,3)28(25(4,5)6,26(7,8)9)23-27(10,21-17-13-11-14-18-21)22-19-15-12-16-20-22/h11-20H,1-10H3. The van der Waals surface area contributed by atoms with Crippen LogP contribution in [-0.4, -0.2) is 35.8 Å². The van der Waals surface area contributed by atoms with Gasteiger partial charge in [-0.05, 0) is 10.4 Å². The highest BCUT2D eigenvalue weighted by Gasteiger charge is 2.64. The monoisotopic (exact) mass is 476 g/mol. The smallest absolute Gasteiger partial charge is 0.168 e. The molecular weight excluding hydrogens is 437 g/mol. The Morgan fingerprint density at radius 2 is 0.750 bits per heavy atom. The molecule has 0 unspecified atom stereocenters. The molecule has 0 spiro atoms. The number of benzene rings is 2. The predicted molar refractivity (Wildman–Crippen MR) is 147 cm³/mol. The van der Waals surface area contributed by atoms with E-state index < -0.39 is 35.8 Å². The van der Waals surface area contributed by atoms with Crippen molar-refractivity contribution >= 4 is 56.8 Å². The average molecular weight is 477 g/mol. The van der Waals surface area contributed by atoms with Crippen molar-refractivity contribution in [3.8, 4) is 0 Å². The fourth-order valence-electron chi connectivity index (χ4n) is 5.94. The Morgan fingerprint density at radius 3 is 1.00 bits per heavy atom. The maximum atomic E-state index is 2.72. The van der Waals surface area contributed by atoms with Crippen LogP contribution < -0.4 is 10.4 Å². The van der Waals surface area contributed by atoms with Gasteiger partial charge in [-0.25, -0.2) is 10.7 Å². The van der Waals surface area contributed by atoms with Crippen LogP contribution in [0.25, 0.3) is 0 Å². The van der Waals surface area contributed by atoms with E-state index in [1.54, 1.807) is 10.4 Å². The largest absolute Gasteiger partial charge is 0.205 e. The first-order valence-corrected chi connectivity index (χ1v) is 30.7. The van der Waals surface area contributed by atoms with Gasteiger partial charge in [0.2, 0.25) is 0 Å². The second-order valence-corrected chi connectivity index (χ2v) is 64.3. The van der Waals surface area contributed by atoms with Crippen LogP contribution in [0.3, 0.4) is 0 Å². The van der Waals surface area contributed by atoms with E-state index in [4.69, 9.17) is 0 Å². The topological polar surface area (TPSA) is 0 Å². The summed E-state index contributed by atoms with van der Waals surface area (Å²) in [7, 11) is -3.22. The first kappa shape index (κ1) is 24.1. The van der Waals surface area contributed by atoms with Gasteiger partial charge in [0.15, 0.2) is 7.22 Å². The number of hydrogen-bond donors (Lipinski definition) is 0. The zero-order chi connectivity index (χ0) is 21.4. The third kappa shape index (κ3) is 4.32. The summed E-state index contributed by atoms with van der Waals surface area (Å²) in [5.41, 5.74) is 0. The third-order valence-corrected chi connectivity index (χ3v) is 110. The lowest BCUT2D eigenvalue weighted by Crippen LogP contribution is -2.83. The van der Waals surface area contributed by atoms with E-state index in [9.17, 15) is 0 Å². The van der Waals surface area contributed by atoms with Crippen LogP contribution >= 0.6 is 10.7 Å². The molecule has 0 aliphatic rings. The first-order chi connectivity index (χ1) is 12.7. The molecule has 6 heteroatoms. The highest BCUT2D eigenvalue weighted by molar-refractivity contribution is 8.65. The predicted octanol–water partition coefficient (Wildman–Crippen LogP) is 6.30. The van der Waals surface area contributed by atoms with E-state index in [1.807, 2.05) is 0 Å². The van der Waals surface area contributed by atoms with Crippen LogP contribution in [0.4, 0.5) is 0 Å². The van der Waals surface area contributed by atoms with Crippen LogP contribution in [0.2, 0.25) is 65.5 Å². The molecule has 0 bridgehead atoms. The van der Waals surface area contributed by atoms with Gasteiger partial charge in [-0.15, -0.1) is 0 Å². The maximum absolute atomic E-state index is 2.72. The quantitative estimate of drug-likeness (QED) is 0.422. The Labute approximate surface area is 182 Å². The molecule has 2 aromatic carbocycles. The highest BCUT2D eigenvalue weighted by atomic mass is 32.6. The van der Waals surface area contributed by atoms with Gasteiger partial charge in [-0.2, -0.15) is 0 Å². The summed E-state index contributed by atoms with van der Waals surface area (Å²) in [6.45, 7) is 27.1. The Morgan fingerprint density at radius 1 is 0.464 bits per heavy atom. The lowest BCUT2D eigenvalue weighted by molar-refractivity contribution is 1.71. The molecule has 154 valence electrons. The zero-order valence-electron chi connectivity index (χ0n) is 19.7. The lowest BCUT2D eigenvalue weighted by atomic mass is 10.4. The number of rotatable bonds is 7. The van der Waals surface area contributed by atoms with Gasteiger partial charge in [-0.1, -0.05) is 126 Å². The molecular formula is C22H40SSi5. The van der Waals surface area contributed by atoms with Crippen molar-refractivity contribution in [1.29, 1.82) is 0 Å². The van der Waals surface area contributed by atoms with Crippen molar-refractivity contribution < 1.29 is 0 Å². The summed E-state index contributed by atoms with van der Waals surface area (Å²) in [6, 6.07) is 23.1. The van der Waals surface area contributed by atoms with E-state index >= 15 is 0 Å². The Hall–Kier alpha value is -0.126. The minimum absolute atomic E-state index is 1.32. The molecule has 0 heterocycles. The van der Waals surface area contributed by atoms with Crippen molar-refractivity contribution in [2.75, 3.05) is 0 Å². The van der Waals surface area contributed by atoms with E-state index in [0.717, 1.165) is 0 Å². The van der Waals surface area contributed by atoms with E-state index in [-0.39, 0.29) is 0 Å². The van der Waals surface area contributed by atoms with E-state index in [0.29, 0.717) is 0 Å². The zero-order valence-corrected chi connectivity index (χ0v) is 25.5. The molecule has 2 rings (SSSR count). The SMILES string of the molecule is C[Si](S[Si]([Si](C)(C)C)([Si](C)(C)C)[Si](C)(C)C)(c1ccccc1)c1ccccc1. The van der Waals surface area contributed by atoms with E-state index in [1.165, 1.54) is 0 Å². The van der Waals surface area contributed by atoms with E-state index in [2.05, 4.69) is 137 Å². The Bertz CT molecular complexity index is 695. The van der Waals surface area contributed by atoms with Gasteiger partial charge < -0.3 is 0 Å². The highest BCUT2D eigenvalue weighted by Crippen LogP contribution is 2.48. The van der Waals surface area contributed by atoms with Gasteiger partial charge in [0.25, 0.3) is 0 Å². The minimum atomic E-state index is -1.88. The third-order valence-electron chi connectivity index (χ3n) is 6.18. The van der Waals surface area contributed by atoms with Gasteiger partial charge in [0.1, 0.15) is 0 Å². The molecule has 0 atom stereocenters. The van der Waals surface area contributed by atoms with Crippen molar-refractivity contribution in [1.82, 2.24) is 0 Å². The van der Waals surface area contributed by atoms with Gasteiger partial charge in [0.05, 0.1) is 5.78 Å². The molecule has 0 amide bonds. The van der Waals surface area contributed by atoms with Crippen LogP contribution in [-0.2, 0) is 0 Å². The van der Waals surface area contributed by atoms with Crippen molar-refractivity contribution in [2.45, 2.75) is 65.5 Å². The van der Waals surface area contributed by atoms with Crippen molar-refractivity contribution in [2.24, 2.45) is 0 Å². The molecule has 0 N–H and O–H groups in total. The fraction of sp³-hybridized carbons (Fsp3) is 0.455. The summed E-state index contributed by atoms with van der Waals surface area (Å²) < 4.78 is 0. The molecule has 0 aromatic heterocycles. The Balaban J connectivity index is 2.83. The first-order valence-electron chi connectivity index (χ1n) is 10.5. The summed E-state index contributed by atoms with van der Waals surface area (Å²) >= 11 is 0. The maximum Gasteiger partial charge on any atom is 0.168 e. The lowest BCUT2D eigenvalue weighted by Gasteiger charge is -2.59. The normalized spacial score (nSPS) is 14.2. The van der Waals surface area contributed by atoms with Crippen LogP contribution in [0.5, 0.6) is 0 Å². The molecule has 0 radical (unpaired) electrons. The molecule has 0 aliphatic heterocycles.